The van der Waals surface area contributed by atoms with Crippen LogP contribution in [0.15, 0.2) is 199 Å². The third-order valence-corrected chi connectivity index (χ3v) is 12.2. The first-order valence-electron chi connectivity index (χ1n) is 23.7. The van der Waals surface area contributed by atoms with Gasteiger partial charge in [0.15, 0.2) is 0 Å². The summed E-state index contributed by atoms with van der Waals surface area (Å²) in [6.45, 7) is -2.41. The Labute approximate surface area is 408 Å². The van der Waals surface area contributed by atoms with Gasteiger partial charge in [-0.05, 0) is 106 Å². The fourth-order valence-corrected chi connectivity index (χ4v) is 8.83. The van der Waals surface area contributed by atoms with Gasteiger partial charge in [0.05, 0.1) is 5.58 Å². The van der Waals surface area contributed by atoms with Crippen molar-refractivity contribution in [1.82, 2.24) is 19.9 Å². The van der Waals surface area contributed by atoms with E-state index in [1.807, 2.05) is 78.9 Å². The summed E-state index contributed by atoms with van der Waals surface area (Å²) in [4.78, 5) is 18.4. The van der Waals surface area contributed by atoms with Crippen molar-refractivity contribution in [2.75, 3.05) is 0 Å². The molecule has 322 valence electrons. The molecule has 0 fully saturated rings. The summed E-state index contributed by atoms with van der Waals surface area (Å²) in [6, 6.07) is 70.1. The molecule has 0 radical (unpaired) electrons. The molecule has 0 N–H and O–H groups in total. The van der Waals surface area contributed by atoms with Crippen molar-refractivity contribution in [3.63, 3.8) is 0 Å². The third kappa shape index (κ3) is 9.28. The Hall–Kier alpha value is -7.63. The first kappa shape index (κ1) is 39.7. The first-order chi connectivity index (χ1) is 33.8. The standard InChI is InChI=1S/C61H43N4O.Ir/c1-41-17-30-55-59-53(31-32-54(60(59)66-61(55)65-41)58-40-49(33-36-64-58)46-11-3-2-4-12-46)52-14-6-5-13-51(52)50-38-44(20-18-42-22-26-47(27-23-42)56-15-7-9-34-62-56)37-45(39-50)21-19-43-24-28-48(29-25-43)57-16-8-10-35-63-57;/h2-17,22-26,28,30-31,33-40H,18-21H2,1H3;/q-3;+3/i1D3;. The van der Waals surface area contributed by atoms with E-state index in [0.29, 0.717) is 22.2 Å². The molecule has 5 aromatic heterocycles. The molecule has 0 saturated carbocycles. The van der Waals surface area contributed by atoms with Crippen LogP contribution < -0.4 is 0 Å². The number of aryl methyl sites for hydroxylation is 5. The molecule has 0 spiro atoms. The van der Waals surface area contributed by atoms with E-state index in [9.17, 15) is 0 Å². The van der Waals surface area contributed by atoms with E-state index in [4.69, 9.17) is 13.5 Å². The monoisotopic (exact) mass is 1040 g/mol. The fourth-order valence-electron chi connectivity index (χ4n) is 8.83. The summed E-state index contributed by atoms with van der Waals surface area (Å²) in [5.41, 5.74) is 16.8. The average Bonchev–Trinajstić information content (AvgIpc) is 3.80. The molecule has 11 aromatic rings. The maximum Gasteiger partial charge on any atom is 3.00 e. The molecule has 0 bridgehead atoms. The summed E-state index contributed by atoms with van der Waals surface area (Å²) >= 11 is 0. The maximum atomic E-state index is 8.14. The van der Waals surface area contributed by atoms with Gasteiger partial charge in [-0.2, -0.15) is 0 Å². The minimum atomic E-state index is -2.41. The number of hydrogen-bond donors (Lipinski definition) is 0. The molecule has 5 nitrogen and oxygen atoms in total. The molecular weight excluding hydrogens is 997 g/mol. The topological polar surface area (TPSA) is 64.7 Å². The number of fused-ring (bicyclic) bond motifs is 3. The molecule has 0 saturated heterocycles. The quantitative estimate of drug-likeness (QED) is 0.114. The summed E-state index contributed by atoms with van der Waals surface area (Å²) in [7, 11) is 0. The Bertz CT molecular complexity index is 3480. The van der Waals surface area contributed by atoms with Crippen molar-refractivity contribution in [2.24, 2.45) is 0 Å². The largest absolute Gasteiger partial charge is 3.00 e. The van der Waals surface area contributed by atoms with Crippen molar-refractivity contribution >= 4 is 22.1 Å². The fraction of sp³-hybridized carbons (Fsp3) is 0.0820. The van der Waals surface area contributed by atoms with E-state index in [-0.39, 0.29) is 31.5 Å². The van der Waals surface area contributed by atoms with Crippen molar-refractivity contribution in [2.45, 2.75) is 32.5 Å². The summed E-state index contributed by atoms with van der Waals surface area (Å²) in [5.74, 6) is 0. The van der Waals surface area contributed by atoms with Gasteiger partial charge in [0.2, 0.25) is 5.71 Å². The van der Waals surface area contributed by atoms with Gasteiger partial charge in [0.25, 0.3) is 0 Å². The van der Waals surface area contributed by atoms with E-state index in [1.54, 1.807) is 24.7 Å². The van der Waals surface area contributed by atoms with Gasteiger partial charge in [-0.3, -0.25) is 0 Å². The number of furan rings is 1. The Balaban J connectivity index is 0.00000567. The second-order valence-corrected chi connectivity index (χ2v) is 16.5. The molecule has 0 unspecified atom stereocenters. The van der Waals surface area contributed by atoms with Crippen molar-refractivity contribution < 1.29 is 28.6 Å². The third-order valence-electron chi connectivity index (χ3n) is 12.2. The molecule has 0 aliphatic rings. The van der Waals surface area contributed by atoms with Gasteiger partial charge in [-0.15, -0.1) is 82.9 Å². The Morgan fingerprint density at radius 1 is 0.478 bits per heavy atom. The van der Waals surface area contributed by atoms with Gasteiger partial charge >= 0.3 is 20.1 Å². The van der Waals surface area contributed by atoms with Crippen LogP contribution in [0.25, 0.3) is 89.2 Å². The number of nitrogens with zero attached hydrogens (tertiary/aromatic N) is 4. The molecular formula is C61H43IrN4O. The SMILES string of the molecule is [2H]C([2H])([2H])c1ccc2c(n1)oc1c(-c3cc(-c4ccccc4)ccn3)[c-]cc(-c3ccccc3-c3cc(CCc4c[c-]c(-c5ccccn5)cc4)cc(CCc4c[c-]c(-c5ccccn5)cc4)c3)c12.[Ir+3]. The van der Waals surface area contributed by atoms with E-state index in [1.165, 1.54) is 22.3 Å². The molecule has 0 atom stereocenters. The van der Waals surface area contributed by atoms with Crippen LogP contribution in [-0.4, -0.2) is 19.9 Å². The number of rotatable bonds is 12. The minimum absolute atomic E-state index is 0. The normalized spacial score (nSPS) is 12.0. The van der Waals surface area contributed by atoms with Gasteiger partial charge in [0, 0.05) is 33.8 Å². The Morgan fingerprint density at radius 3 is 1.73 bits per heavy atom. The van der Waals surface area contributed by atoms with Crippen LogP contribution in [0.4, 0.5) is 0 Å². The zero-order chi connectivity index (χ0) is 46.7. The summed E-state index contributed by atoms with van der Waals surface area (Å²) < 4.78 is 31.1. The number of benzene rings is 6. The number of aromatic nitrogens is 4. The second-order valence-electron chi connectivity index (χ2n) is 16.5. The molecule has 67 heavy (non-hydrogen) atoms. The molecule has 6 aromatic carbocycles. The van der Waals surface area contributed by atoms with Gasteiger partial charge in [0.1, 0.15) is 0 Å². The Kier molecular flexibility index (Phi) is 11.5. The van der Waals surface area contributed by atoms with Gasteiger partial charge in [-0.25, -0.2) is 4.98 Å². The van der Waals surface area contributed by atoms with Crippen molar-refractivity contribution in [3.8, 4) is 67.2 Å². The zero-order valence-electron chi connectivity index (χ0n) is 39.3. The molecule has 0 aliphatic carbocycles. The van der Waals surface area contributed by atoms with Crippen LogP contribution in [0.5, 0.6) is 0 Å². The Morgan fingerprint density at radius 2 is 1.10 bits per heavy atom. The predicted molar refractivity (Wildman–Crippen MR) is 266 cm³/mol. The molecule has 5 heterocycles. The van der Waals surface area contributed by atoms with Crippen LogP contribution in [0, 0.1) is 25.1 Å². The first-order valence-corrected chi connectivity index (χ1v) is 22.2. The van der Waals surface area contributed by atoms with Crippen LogP contribution in [0.2, 0.25) is 0 Å². The van der Waals surface area contributed by atoms with E-state index in [0.717, 1.165) is 87.0 Å². The molecule has 0 amide bonds. The molecule has 0 aliphatic heterocycles. The summed E-state index contributed by atoms with van der Waals surface area (Å²) in [5, 5.41) is 1.53. The van der Waals surface area contributed by atoms with Gasteiger partial charge in [-0.1, -0.05) is 133 Å². The van der Waals surface area contributed by atoms with Crippen LogP contribution >= 0.6 is 0 Å². The van der Waals surface area contributed by atoms with Crippen molar-refractivity contribution in [1.29, 1.82) is 0 Å². The second kappa shape index (κ2) is 19.5. The van der Waals surface area contributed by atoms with E-state index in [2.05, 4.69) is 124 Å². The van der Waals surface area contributed by atoms with Crippen LogP contribution in [0.3, 0.4) is 0 Å². The van der Waals surface area contributed by atoms with Crippen LogP contribution in [-0.2, 0) is 45.8 Å². The number of hydrogen-bond acceptors (Lipinski definition) is 5. The minimum Gasteiger partial charge on any atom is -0.486 e. The van der Waals surface area contributed by atoms with E-state index >= 15 is 0 Å². The smallest absolute Gasteiger partial charge is 0.486 e. The average molecular weight is 1040 g/mol. The predicted octanol–water partition coefficient (Wildman–Crippen LogP) is 14.4. The van der Waals surface area contributed by atoms with Crippen LogP contribution in [0.1, 0.15) is 32.1 Å². The van der Waals surface area contributed by atoms with E-state index < -0.39 is 6.85 Å². The van der Waals surface area contributed by atoms with Crippen molar-refractivity contribution in [3.05, 3.63) is 241 Å². The van der Waals surface area contributed by atoms with Gasteiger partial charge < -0.3 is 19.4 Å². The maximum absolute atomic E-state index is 8.14. The number of pyridine rings is 4. The molecule has 6 heteroatoms. The zero-order valence-corrected chi connectivity index (χ0v) is 38.7. The molecule has 11 rings (SSSR count). The summed E-state index contributed by atoms with van der Waals surface area (Å²) in [6.07, 6.45) is 8.76.